The number of halogens is 1. The molecule has 1 aliphatic carbocycles. The molecule has 2 aromatic carbocycles. The normalized spacial score (nSPS) is 16.0. The second-order valence-electron chi connectivity index (χ2n) is 7.42. The fourth-order valence-electron chi connectivity index (χ4n) is 3.97. The van der Waals surface area contributed by atoms with Crippen molar-refractivity contribution >= 4 is 23.2 Å². The number of rotatable bonds is 6. The fraction of sp³-hybridized carbons (Fsp3) is 0.435. The minimum absolute atomic E-state index is 0.0765. The lowest BCUT2D eigenvalue weighted by Gasteiger charge is -2.34. The van der Waals surface area contributed by atoms with E-state index in [0.717, 1.165) is 30.6 Å². The number of hydrogen-bond acceptors (Lipinski definition) is 2. The third kappa shape index (κ3) is 5.04. The molecule has 2 aromatic rings. The molecule has 0 saturated heterocycles. The van der Waals surface area contributed by atoms with Gasteiger partial charge in [-0.1, -0.05) is 55.1 Å². The monoisotopic (exact) mass is 384 g/mol. The summed E-state index contributed by atoms with van der Waals surface area (Å²) in [7, 11) is 0. The Hall–Kier alpha value is -2.00. The van der Waals surface area contributed by atoms with Crippen LogP contribution in [-0.2, 0) is 4.79 Å². The van der Waals surface area contributed by atoms with E-state index in [1.807, 2.05) is 30.3 Å². The first-order valence-electron chi connectivity index (χ1n) is 9.97. The van der Waals surface area contributed by atoms with Crippen LogP contribution in [0.4, 0.5) is 5.69 Å². The maximum absolute atomic E-state index is 13.4. The van der Waals surface area contributed by atoms with E-state index in [0.29, 0.717) is 5.02 Å². The van der Waals surface area contributed by atoms with Crippen molar-refractivity contribution in [2.45, 2.75) is 58.0 Å². The van der Waals surface area contributed by atoms with Crippen LogP contribution in [0.1, 0.15) is 56.2 Å². The van der Waals surface area contributed by atoms with E-state index in [4.69, 9.17) is 11.6 Å². The predicted molar refractivity (Wildman–Crippen MR) is 113 cm³/mol. The van der Waals surface area contributed by atoms with Crippen molar-refractivity contribution in [3.05, 3.63) is 64.7 Å². The Labute approximate surface area is 167 Å². The minimum atomic E-state index is -0.365. The van der Waals surface area contributed by atoms with Gasteiger partial charge in [0.05, 0.1) is 0 Å². The van der Waals surface area contributed by atoms with Gasteiger partial charge in [-0.15, -0.1) is 0 Å². The summed E-state index contributed by atoms with van der Waals surface area (Å²) in [6.07, 6.45) is 5.83. The van der Waals surface area contributed by atoms with E-state index in [1.165, 1.54) is 24.8 Å². The molecule has 3 rings (SSSR count). The highest BCUT2D eigenvalue weighted by molar-refractivity contribution is 6.30. The average Bonchev–Trinajstić information content (AvgIpc) is 2.67. The number of carbonyl (C=O) groups is 1. The summed E-state index contributed by atoms with van der Waals surface area (Å²) in [4.78, 5) is 15.5. The largest absolute Gasteiger partial charge is 0.356 e. The zero-order chi connectivity index (χ0) is 19.2. The van der Waals surface area contributed by atoms with Gasteiger partial charge in [-0.25, -0.2) is 0 Å². The quantitative estimate of drug-likeness (QED) is 0.696. The molecule has 1 unspecified atom stereocenters. The molecule has 1 saturated carbocycles. The molecule has 3 nitrogen and oxygen atoms in total. The topological polar surface area (TPSA) is 32.3 Å². The predicted octanol–water partition coefficient (Wildman–Crippen LogP) is 5.66. The fourth-order valence-corrected chi connectivity index (χ4v) is 4.09. The average molecular weight is 385 g/mol. The summed E-state index contributed by atoms with van der Waals surface area (Å²) < 4.78 is 0. The Morgan fingerprint density at radius 3 is 2.48 bits per heavy atom. The third-order valence-corrected chi connectivity index (χ3v) is 5.62. The summed E-state index contributed by atoms with van der Waals surface area (Å²) in [5, 5.41) is 4.00. The zero-order valence-corrected chi connectivity index (χ0v) is 17.0. The Balaban J connectivity index is 1.92. The molecule has 1 amide bonds. The van der Waals surface area contributed by atoms with Gasteiger partial charge in [0.2, 0.25) is 5.91 Å². The molecule has 0 aliphatic heterocycles. The molecule has 1 aliphatic rings. The molecule has 0 heterocycles. The van der Waals surface area contributed by atoms with E-state index >= 15 is 0 Å². The summed E-state index contributed by atoms with van der Waals surface area (Å²) in [5.41, 5.74) is 3.22. The van der Waals surface area contributed by atoms with Gasteiger partial charge in [0, 0.05) is 23.3 Å². The second kappa shape index (κ2) is 9.27. The standard InChI is InChI=1S/C23H29ClN2O/c1-3-26(21-11-7-8-17(2)16-21)22(18-12-14-19(24)15-13-18)23(27)25-20-9-5-4-6-10-20/h7-8,11-16,20,22H,3-6,9-10H2,1-2H3,(H,25,27). The van der Waals surface area contributed by atoms with Crippen molar-refractivity contribution in [1.82, 2.24) is 5.32 Å². The van der Waals surface area contributed by atoms with Crippen LogP contribution in [0.3, 0.4) is 0 Å². The first-order valence-corrected chi connectivity index (χ1v) is 10.4. The van der Waals surface area contributed by atoms with Crippen LogP contribution in [-0.4, -0.2) is 18.5 Å². The van der Waals surface area contributed by atoms with Gasteiger partial charge < -0.3 is 10.2 Å². The highest BCUT2D eigenvalue weighted by Crippen LogP contribution is 2.29. The molecule has 27 heavy (non-hydrogen) atoms. The van der Waals surface area contributed by atoms with E-state index in [-0.39, 0.29) is 18.0 Å². The van der Waals surface area contributed by atoms with E-state index < -0.39 is 0 Å². The first-order chi connectivity index (χ1) is 13.1. The summed E-state index contributed by atoms with van der Waals surface area (Å²) in [5.74, 6) is 0.0765. The highest BCUT2D eigenvalue weighted by atomic mass is 35.5. The molecule has 1 N–H and O–H groups in total. The minimum Gasteiger partial charge on any atom is -0.356 e. The van der Waals surface area contributed by atoms with Crippen LogP contribution in [0.5, 0.6) is 0 Å². The van der Waals surface area contributed by atoms with Gasteiger partial charge in [-0.05, 0) is 62.1 Å². The van der Waals surface area contributed by atoms with Gasteiger partial charge in [-0.3, -0.25) is 4.79 Å². The number of amides is 1. The molecule has 4 heteroatoms. The van der Waals surface area contributed by atoms with Crippen molar-refractivity contribution < 1.29 is 4.79 Å². The van der Waals surface area contributed by atoms with Crippen LogP contribution in [0.15, 0.2) is 48.5 Å². The van der Waals surface area contributed by atoms with Gasteiger partial charge in [-0.2, -0.15) is 0 Å². The SMILES string of the molecule is CCN(c1cccc(C)c1)C(C(=O)NC1CCCCC1)c1ccc(Cl)cc1. The number of carbonyl (C=O) groups excluding carboxylic acids is 1. The number of nitrogens with zero attached hydrogens (tertiary/aromatic N) is 1. The van der Waals surface area contributed by atoms with Gasteiger partial charge in [0.1, 0.15) is 6.04 Å². The van der Waals surface area contributed by atoms with Crippen LogP contribution in [0.2, 0.25) is 5.02 Å². The number of anilines is 1. The van der Waals surface area contributed by atoms with Gasteiger partial charge in [0.15, 0.2) is 0 Å². The molecular formula is C23H29ClN2O. The Kier molecular flexibility index (Phi) is 6.78. The number of hydrogen-bond donors (Lipinski definition) is 1. The van der Waals surface area contributed by atoms with Gasteiger partial charge in [0.25, 0.3) is 0 Å². The van der Waals surface area contributed by atoms with Crippen molar-refractivity contribution in [3.63, 3.8) is 0 Å². The maximum atomic E-state index is 13.4. The van der Waals surface area contributed by atoms with E-state index in [9.17, 15) is 4.79 Å². The number of likely N-dealkylation sites (N-methyl/N-ethyl adjacent to an activating group) is 1. The molecule has 0 aromatic heterocycles. The van der Waals surface area contributed by atoms with Crippen molar-refractivity contribution in [2.75, 3.05) is 11.4 Å². The van der Waals surface area contributed by atoms with Gasteiger partial charge >= 0.3 is 0 Å². The smallest absolute Gasteiger partial charge is 0.247 e. The Morgan fingerprint density at radius 1 is 1.15 bits per heavy atom. The highest BCUT2D eigenvalue weighted by Gasteiger charge is 2.29. The molecule has 144 valence electrons. The number of aryl methyl sites for hydroxylation is 1. The van der Waals surface area contributed by atoms with E-state index in [1.54, 1.807) is 0 Å². The van der Waals surface area contributed by atoms with Crippen LogP contribution >= 0.6 is 11.6 Å². The molecule has 1 fully saturated rings. The van der Waals surface area contributed by atoms with Crippen molar-refractivity contribution in [1.29, 1.82) is 0 Å². The number of benzene rings is 2. The molecule has 1 atom stereocenters. The Bertz CT molecular complexity index is 753. The summed E-state index contributed by atoms with van der Waals surface area (Å²) in [6.45, 7) is 4.92. The maximum Gasteiger partial charge on any atom is 0.247 e. The lowest BCUT2D eigenvalue weighted by molar-refractivity contribution is -0.123. The van der Waals surface area contributed by atoms with Crippen LogP contribution < -0.4 is 10.2 Å². The summed E-state index contributed by atoms with van der Waals surface area (Å²) >= 11 is 6.09. The lowest BCUT2D eigenvalue weighted by Crippen LogP contribution is -2.45. The van der Waals surface area contributed by atoms with Crippen LogP contribution in [0, 0.1) is 6.92 Å². The molecular weight excluding hydrogens is 356 g/mol. The Morgan fingerprint density at radius 2 is 1.85 bits per heavy atom. The number of nitrogens with one attached hydrogen (secondary N) is 1. The molecule has 0 spiro atoms. The van der Waals surface area contributed by atoms with E-state index in [2.05, 4.69) is 42.3 Å². The molecule has 0 radical (unpaired) electrons. The third-order valence-electron chi connectivity index (χ3n) is 5.37. The van der Waals surface area contributed by atoms with Crippen molar-refractivity contribution in [2.24, 2.45) is 0 Å². The molecule has 0 bridgehead atoms. The van der Waals surface area contributed by atoms with Crippen molar-refractivity contribution in [3.8, 4) is 0 Å². The first kappa shape index (κ1) is 19.8. The second-order valence-corrected chi connectivity index (χ2v) is 7.86. The van der Waals surface area contributed by atoms with Crippen LogP contribution in [0.25, 0.3) is 0 Å². The summed E-state index contributed by atoms with van der Waals surface area (Å²) in [6, 6.07) is 15.9. The zero-order valence-electron chi connectivity index (χ0n) is 16.2. The lowest BCUT2D eigenvalue weighted by atomic mass is 9.94.